The maximum absolute atomic E-state index is 13.5. The van der Waals surface area contributed by atoms with E-state index in [1.807, 2.05) is 18.2 Å². The summed E-state index contributed by atoms with van der Waals surface area (Å²) in [5, 5.41) is 7.53. The van der Waals surface area contributed by atoms with E-state index in [1.165, 1.54) is 17.0 Å². The molecule has 0 saturated carbocycles. The van der Waals surface area contributed by atoms with Crippen LogP contribution in [0.1, 0.15) is 16.7 Å². The third-order valence-electron chi connectivity index (χ3n) is 4.68. The summed E-state index contributed by atoms with van der Waals surface area (Å²) in [6.45, 7) is 1.63. The molecule has 0 radical (unpaired) electrons. The van der Waals surface area contributed by atoms with E-state index in [0.717, 1.165) is 42.7 Å². The summed E-state index contributed by atoms with van der Waals surface area (Å²) in [7, 11) is -3.54. The highest BCUT2D eigenvalue weighted by Crippen LogP contribution is 2.39. The van der Waals surface area contributed by atoms with Gasteiger partial charge in [0.15, 0.2) is 9.84 Å². The molecular formula is C19H17F3N4O2S2. The number of hydrogen-bond donors (Lipinski definition) is 2. The van der Waals surface area contributed by atoms with Crippen LogP contribution >= 0.6 is 11.3 Å². The van der Waals surface area contributed by atoms with Crippen LogP contribution in [0, 0.1) is 0 Å². The zero-order chi connectivity index (χ0) is 21.5. The largest absolute Gasteiger partial charge is 0.420 e. The lowest BCUT2D eigenvalue weighted by Gasteiger charge is -2.18. The van der Waals surface area contributed by atoms with E-state index in [2.05, 4.69) is 20.6 Å². The Morgan fingerprint density at radius 2 is 2.00 bits per heavy atom. The van der Waals surface area contributed by atoms with Crippen molar-refractivity contribution in [2.45, 2.75) is 24.0 Å². The van der Waals surface area contributed by atoms with Crippen molar-refractivity contribution in [3.8, 4) is 10.6 Å². The first-order valence-electron chi connectivity index (χ1n) is 8.94. The first kappa shape index (κ1) is 20.8. The Labute approximate surface area is 175 Å². The topological polar surface area (TPSA) is 84.0 Å². The molecule has 0 saturated heterocycles. The van der Waals surface area contributed by atoms with Crippen molar-refractivity contribution in [1.82, 2.24) is 15.3 Å². The highest BCUT2D eigenvalue weighted by atomic mass is 32.2. The predicted molar refractivity (Wildman–Crippen MR) is 109 cm³/mol. The lowest BCUT2D eigenvalue weighted by Crippen LogP contribution is -2.23. The van der Waals surface area contributed by atoms with E-state index >= 15 is 0 Å². The Kier molecular flexibility index (Phi) is 5.28. The van der Waals surface area contributed by atoms with Crippen molar-refractivity contribution in [3.05, 3.63) is 52.5 Å². The maximum atomic E-state index is 13.5. The zero-order valence-corrected chi connectivity index (χ0v) is 17.4. The fourth-order valence-electron chi connectivity index (χ4n) is 3.16. The summed E-state index contributed by atoms with van der Waals surface area (Å²) in [5.74, 6) is 0.00110. The van der Waals surface area contributed by atoms with Gasteiger partial charge in [-0.05, 0) is 42.3 Å². The highest BCUT2D eigenvalue weighted by molar-refractivity contribution is 7.90. The number of aromatic nitrogens is 2. The van der Waals surface area contributed by atoms with Crippen LogP contribution in [0.3, 0.4) is 0 Å². The average molecular weight is 454 g/mol. The Morgan fingerprint density at radius 1 is 1.20 bits per heavy atom. The number of thiophene rings is 1. The van der Waals surface area contributed by atoms with Crippen LogP contribution in [0.4, 0.5) is 24.8 Å². The molecule has 0 atom stereocenters. The SMILES string of the molecule is CS(=O)(=O)c1csc(-c2nc(Nc3ccc4c(c3)CCNC4)ncc2C(F)(F)F)c1. The minimum atomic E-state index is -4.68. The van der Waals surface area contributed by atoms with E-state index in [9.17, 15) is 21.6 Å². The predicted octanol–water partition coefficient (Wildman–Crippen LogP) is 4.02. The molecule has 30 heavy (non-hydrogen) atoms. The van der Waals surface area contributed by atoms with Crippen molar-refractivity contribution in [2.24, 2.45) is 0 Å². The Balaban J connectivity index is 1.72. The van der Waals surface area contributed by atoms with Gasteiger partial charge in [0.25, 0.3) is 0 Å². The van der Waals surface area contributed by atoms with Crippen molar-refractivity contribution in [2.75, 3.05) is 18.1 Å². The fourth-order valence-corrected chi connectivity index (χ4v) is 5.18. The maximum Gasteiger partial charge on any atom is 0.420 e. The molecule has 0 fully saturated rings. The van der Waals surface area contributed by atoms with Gasteiger partial charge >= 0.3 is 6.18 Å². The van der Waals surface area contributed by atoms with E-state index < -0.39 is 21.6 Å². The standard InChI is InChI=1S/C19H17F3N4O2S2/c1-30(27,28)14-7-16(29-10-14)17-15(19(20,21)22)9-24-18(26-17)25-13-3-2-12-8-23-5-4-11(12)6-13/h2-3,6-7,9-10,23H,4-5,8H2,1H3,(H,24,25,26). The Hall–Kier alpha value is -2.50. The molecule has 3 aromatic rings. The van der Waals surface area contributed by atoms with Crippen LogP contribution in [0.5, 0.6) is 0 Å². The third-order valence-corrected chi connectivity index (χ3v) is 6.86. The summed E-state index contributed by atoms with van der Waals surface area (Å²) in [6.07, 6.45) is -2.11. The minimum Gasteiger partial charge on any atom is -0.324 e. The fraction of sp³-hybridized carbons (Fsp3) is 0.263. The second-order valence-electron chi connectivity index (χ2n) is 6.91. The molecule has 0 unspecified atom stereocenters. The number of fused-ring (bicyclic) bond motifs is 1. The summed E-state index contributed by atoms with van der Waals surface area (Å²) in [5.41, 5.74) is 1.62. The number of alkyl halides is 3. The zero-order valence-electron chi connectivity index (χ0n) is 15.7. The first-order chi connectivity index (χ1) is 14.1. The lowest BCUT2D eigenvalue weighted by atomic mass is 10.0. The summed E-state index contributed by atoms with van der Waals surface area (Å²) in [4.78, 5) is 7.95. The Morgan fingerprint density at radius 3 is 2.70 bits per heavy atom. The quantitative estimate of drug-likeness (QED) is 0.620. The molecule has 4 rings (SSSR count). The van der Waals surface area contributed by atoms with E-state index in [0.29, 0.717) is 11.9 Å². The number of nitrogens with one attached hydrogen (secondary N) is 2. The second-order valence-corrected chi connectivity index (χ2v) is 9.83. The number of hydrogen-bond acceptors (Lipinski definition) is 7. The molecule has 3 heterocycles. The van der Waals surface area contributed by atoms with Gasteiger partial charge in [0.1, 0.15) is 5.56 Å². The van der Waals surface area contributed by atoms with Gasteiger partial charge in [-0.15, -0.1) is 11.3 Å². The number of nitrogens with zero attached hydrogens (tertiary/aromatic N) is 2. The van der Waals surface area contributed by atoms with Crippen LogP contribution < -0.4 is 10.6 Å². The summed E-state index contributed by atoms with van der Waals surface area (Å²) in [6, 6.07) is 6.91. The Bertz CT molecular complexity index is 1210. The third kappa shape index (κ3) is 4.32. The van der Waals surface area contributed by atoms with Crippen LogP contribution in [-0.4, -0.2) is 31.2 Å². The highest BCUT2D eigenvalue weighted by Gasteiger charge is 2.36. The monoisotopic (exact) mass is 454 g/mol. The average Bonchev–Trinajstić information content (AvgIpc) is 3.18. The van der Waals surface area contributed by atoms with Crippen LogP contribution in [0.25, 0.3) is 10.6 Å². The van der Waals surface area contributed by atoms with Gasteiger partial charge in [0.2, 0.25) is 5.95 Å². The van der Waals surface area contributed by atoms with Crippen molar-refractivity contribution < 1.29 is 21.6 Å². The molecule has 0 aliphatic carbocycles. The first-order valence-corrected chi connectivity index (χ1v) is 11.7. The number of rotatable bonds is 4. The molecule has 1 aliphatic rings. The summed E-state index contributed by atoms with van der Waals surface area (Å²) < 4.78 is 63.9. The van der Waals surface area contributed by atoms with Crippen molar-refractivity contribution in [3.63, 3.8) is 0 Å². The van der Waals surface area contributed by atoms with E-state index in [4.69, 9.17) is 0 Å². The number of benzene rings is 1. The van der Waals surface area contributed by atoms with Gasteiger partial charge < -0.3 is 10.6 Å². The van der Waals surface area contributed by atoms with Gasteiger partial charge in [0.05, 0.1) is 15.5 Å². The minimum absolute atomic E-state index is 0.00110. The molecule has 11 heteroatoms. The molecule has 2 N–H and O–H groups in total. The van der Waals surface area contributed by atoms with Crippen LogP contribution in [0.2, 0.25) is 0 Å². The smallest absolute Gasteiger partial charge is 0.324 e. The number of anilines is 2. The number of halogens is 3. The molecule has 1 aliphatic heterocycles. The second kappa shape index (κ2) is 7.64. The molecule has 158 valence electrons. The molecule has 0 amide bonds. The molecule has 0 spiro atoms. The van der Waals surface area contributed by atoms with E-state index in [1.54, 1.807) is 0 Å². The molecule has 6 nitrogen and oxygen atoms in total. The van der Waals surface area contributed by atoms with E-state index in [-0.39, 0.29) is 21.4 Å². The van der Waals surface area contributed by atoms with Gasteiger partial charge in [-0.25, -0.2) is 18.4 Å². The van der Waals surface area contributed by atoms with Crippen molar-refractivity contribution >= 4 is 32.8 Å². The normalized spacial score (nSPS) is 14.4. The van der Waals surface area contributed by atoms with Gasteiger partial charge in [-0.2, -0.15) is 13.2 Å². The number of sulfone groups is 1. The van der Waals surface area contributed by atoms with Gasteiger partial charge in [0, 0.05) is 30.1 Å². The van der Waals surface area contributed by atoms with Gasteiger partial charge in [-0.3, -0.25) is 0 Å². The molecule has 1 aromatic carbocycles. The lowest BCUT2D eigenvalue weighted by molar-refractivity contribution is -0.137. The van der Waals surface area contributed by atoms with Crippen LogP contribution in [-0.2, 0) is 29.0 Å². The summed E-state index contributed by atoms with van der Waals surface area (Å²) >= 11 is 0.889. The van der Waals surface area contributed by atoms with Gasteiger partial charge in [-0.1, -0.05) is 6.07 Å². The molecule has 0 bridgehead atoms. The van der Waals surface area contributed by atoms with Crippen LogP contribution in [0.15, 0.2) is 40.7 Å². The molecular weight excluding hydrogens is 437 g/mol. The van der Waals surface area contributed by atoms with Crippen molar-refractivity contribution in [1.29, 1.82) is 0 Å². The molecule has 2 aromatic heterocycles.